The summed E-state index contributed by atoms with van der Waals surface area (Å²) in [6.07, 6.45) is 9.76. The summed E-state index contributed by atoms with van der Waals surface area (Å²) in [6.45, 7) is 9.42. The Balaban J connectivity index is 2.49. The van der Waals surface area contributed by atoms with Gasteiger partial charge in [-0.25, -0.2) is 4.39 Å². The van der Waals surface area contributed by atoms with Gasteiger partial charge in [0.25, 0.3) is 0 Å². The van der Waals surface area contributed by atoms with Crippen LogP contribution in [0.15, 0.2) is 53.7 Å². The molecule has 0 spiro atoms. The maximum atomic E-state index is 13.4. The van der Waals surface area contributed by atoms with Crippen molar-refractivity contribution in [3.8, 4) is 16.9 Å². The van der Waals surface area contributed by atoms with Crippen LogP contribution in [0.25, 0.3) is 11.1 Å². The van der Waals surface area contributed by atoms with Crippen molar-refractivity contribution < 1.29 is 9.13 Å². The third kappa shape index (κ3) is 7.23. The number of hydrogen-bond donors (Lipinski definition) is 1. The Hall–Kier alpha value is -2.62. The highest BCUT2D eigenvalue weighted by atomic mass is 19.1. The fourth-order valence-corrected chi connectivity index (χ4v) is 3.56. The molecule has 0 aliphatic heterocycles. The van der Waals surface area contributed by atoms with Gasteiger partial charge < -0.3 is 10.1 Å². The minimum Gasteiger partial charge on any atom is -0.496 e. The first-order valence-electron chi connectivity index (χ1n) is 11.4. The average Bonchev–Trinajstić information content (AvgIpc) is 2.79. The summed E-state index contributed by atoms with van der Waals surface area (Å²) in [5.41, 5.74) is 3.96. The lowest BCUT2D eigenvalue weighted by Crippen LogP contribution is -2.22. The Morgan fingerprint density at radius 3 is 2.48 bits per heavy atom. The van der Waals surface area contributed by atoms with E-state index in [1.807, 2.05) is 12.3 Å². The number of amidine groups is 1. The maximum absolute atomic E-state index is 13.4. The topological polar surface area (TPSA) is 33.6 Å². The molecular formula is C27H37FN2O. The molecule has 168 valence electrons. The summed E-state index contributed by atoms with van der Waals surface area (Å²) in [6, 6.07) is 10.7. The summed E-state index contributed by atoms with van der Waals surface area (Å²) >= 11 is 0. The Labute approximate surface area is 187 Å². The molecule has 1 atom stereocenters. The van der Waals surface area contributed by atoms with E-state index in [0.29, 0.717) is 5.92 Å². The molecule has 0 aliphatic rings. The number of nitrogens with zero attached hydrogens (tertiary/aromatic N) is 1. The Morgan fingerprint density at radius 2 is 1.87 bits per heavy atom. The van der Waals surface area contributed by atoms with E-state index in [-0.39, 0.29) is 5.82 Å². The van der Waals surface area contributed by atoms with Crippen LogP contribution in [-0.2, 0) is 0 Å². The molecule has 0 radical (unpaired) electrons. The Morgan fingerprint density at radius 1 is 1.13 bits per heavy atom. The molecule has 0 fully saturated rings. The molecule has 2 rings (SSSR count). The van der Waals surface area contributed by atoms with Crippen LogP contribution in [0.5, 0.6) is 5.75 Å². The second-order valence-electron chi connectivity index (χ2n) is 7.92. The van der Waals surface area contributed by atoms with Crippen LogP contribution in [0.2, 0.25) is 0 Å². The first kappa shape index (κ1) is 24.6. The van der Waals surface area contributed by atoms with Crippen molar-refractivity contribution >= 4 is 5.84 Å². The second kappa shape index (κ2) is 12.9. The van der Waals surface area contributed by atoms with E-state index in [0.717, 1.165) is 53.2 Å². The smallest absolute Gasteiger partial charge is 0.132 e. The summed E-state index contributed by atoms with van der Waals surface area (Å²) in [5, 5.41) is 3.41. The van der Waals surface area contributed by atoms with Crippen LogP contribution in [-0.4, -0.2) is 19.5 Å². The van der Waals surface area contributed by atoms with Crippen molar-refractivity contribution in [2.45, 2.75) is 59.8 Å². The van der Waals surface area contributed by atoms with Gasteiger partial charge in [-0.05, 0) is 67.3 Å². The molecule has 31 heavy (non-hydrogen) atoms. The first-order valence-corrected chi connectivity index (χ1v) is 11.4. The minimum atomic E-state index is -0.241. The zero-order valence-corrected chi connectivity index (χ0v) is 19.7. The number of benzene rings is 2. The van der Waals surface area contributed by atoms with E-state index in [4.69, 9.17) is 9.73 Å². The van der Waals surface area contributed by atoms with E-state index in [9.17, 15) is 4.39 Å². The number of methoxy groups -OCH3 is 1. The van der Waals surface area contributed by atoms with E-state index in [1.165, 1.54) is 31.4 Å². The molecule has 0 heterocycles. The summed E-state index contributed by atoms with van der Waals surface area (Å²) in [5.74, 6) is 1.98. The van der Waals surface area contributed by atoms with Gasteiger partial charge >= 0.3 is 0 Å². The normalized spacial score (nSPS) is 12.9. The molecular weight excluding hydrogens is 387 g/mol. The molecule has 1 N–H and O–H groups in total. The van der Waals surface area contributed by atoms with Crippen LogP contribution >= 0.6 is 0 Å². The van der Waals surface area contributed by atoms with Gasteiger partial charge in [-0.15, -0.1) is 0 Å². The number of unbranched alkanes of at least 4 members (excludes halogenated alkanes) is 1. The molecule has 0 saturated carbocycles. The number of aliphatic imine (C=N–C) groups is 1. The van der Waals surface area contributed by atoms with E-state index < -0.39 is 0 Å². The largest absolute Gasteiger partial charge is 0.496 e. The predicted molar refractivity (Wildman–Crippen MR) is 130 cm³/mol. The van der Waals surface area contributed by atoms with E-state index >= 15 is 0 Å². The lowest BCUT2D eigenvalue weighted by Gasteiger charge is -2.17. The molecule has 0 aromatic heterocycles. The quantitative estimate of drug-likeness (QED) is 0.304. The first-order chi connectivity index (χ1) is 15.0. The van der Waals surface area contributed by atoms with Crippen molar-refractivity contribution in [1.29, 1.82) is 0 Å². The van der Waals surface area contributed by atoms with Gasteiger partial charge in [0, 0.05) is 17.7 Å². The van der Waals surface area contributed by atoms with Crippen LogP contribution < -0.4 is 10.1 Å². The zero-order valence-electron chi connectivity index (χ0n) is 19.7. The summed E-state index contributed by atoms with van der Waals surface area (Å²) in [7, 11) is 1.68. The van der Waals surface area contributed by atoms with Crippen molar-refractivity contribution in [3.63, 3.8) is 0 Å². The highest BCUT2D eigenvalue weighted by Crippen LogP contribution is 2.30. The SMILES string of the molecule is CC/C=C/NC(=NCC(CC)CCCC)c1cc(-c2ccc(F)cc2)cc(OC)c1C. The fourth-order valence-electron chi connectivity index (χ4n) is 3.56. The van der Waals surface area contributed by atoms with Crippen molar-refractivity contribution in [3.05, 3.63) is 65.6 Å². The minimum absolute atomic E-state index is 0.241. The lowest BCUT2D eigenvalue weighted by atomic mass is 9.97. The van der Waals surface area contributed by atoms with Crippen molar-refractivity contribution in [2.75, 3.05) is 13.7 Å². The van der Waals surface area contributed by atoms with Gasteiger partial charge in [0.2, 0.25) is 0 Å². The summed E-state index contributed by atoms with van der Waals surface area (Å²) in [4.78, 5) is 5.01. The molecule has 1 unspecified atom stereocenters. The third-order valence-electron chi connectivity index (χ3n) is 5.64. The van der Waals surface area contributed by atoms with E-state index in [1.54, 1.807) is 19.2 Å². The molecule has 0 amide bonds. The molecule has 0 aliphatic carbocycles. The van der Waals surface area contributed by atoms with Gasteiger partial charge in [0.05, 0.1) is 7.11 Å². The number of halogens is 1. The van der Waals surface area contributed by atoms with Gasteiger partial charge in [0.15, 0.2) is 0 Å². The van der Waals surface area contributed by atoms with Gasteiger partial charge in [0.1, 0.15) is 17.4 Å². The standard InChI is InChI=1S/C27H37FN2O/c1-6-9-11-21(8-3)19-30-27(29-16-10-7-2)25-17-23(18-26(31-5)20(25)4)22-12-14-24(28)15-13-22/h10,12-18,21H,6-9,11,19H2,1-5H3,(H,29,30)/b16-10+. The Kier molecular flexibility index (Phi) is 10.3. The maximum Gasteiger partial charge on any atom is 0.132 e. The second-order valence-corrected chi connectivity index (χ2v) is 7.92. The predicted octanol–water partition coefficient (Wildman–Crippen LogP) is 7.29. The van der Waals surface area contributed by atoms with Gasteiger partial charge in [-0.3, -0.25) is 4.99 Å². The van der Waals surface area contributed by atoms with Crippen LogP contribution in [0, 0.1) is 18.7 Å². The monoisotopic (exact) mass is 424 g/mol. The highest BCUT2D eigenvalue weighted by Gasteiger charge is 2.15. The molecule has 0 saturated heterocycles. The number of ether oxygens (including phenoxy) is 1. The molecule has 0 bridgehead atoms. The number of nitrogens with one attached hydrogen (secondary N) is 1. The van der Waals surface area contributed by atoms with Crippen LogP contribution in [0.3, 0.4) is 0 Å². The van der Waals surface area contributed by atoms with Crippen LogP contribution in [0.4, 0.5) is 4.39 Å². The number of rotatable bonds is 11. The van der Waals surface area contributed by atoms with Crippen LogP contribution in [0.1, 0.15) is 64.0 Å². The number of hydrogen-bond acceptors (Lipinski definition) is 2. The lowest BCUT2D eigenvalue weighted by molar-refractivity contribution is 0.411. The Bertz CT molecular complexity index is 872. The van der Waals surface area contributed by atoms with Crippen molar-refractivity contribution in [1.82, 2.24) is 5.32 Å². The third-order valence-corrected chi connectivity index (χ3v) is 5.64. The molecule has 4 heteroatoms. The molecule has 2 aromatic rings. The zero-order chi connectivity index (χ0) is 22.6. The van der Waals surface area contributed by atoms with E-state index in [2.05, 4.69) is 45.2 Å². The van der Waals surface area contributed by atoms with Crippen molar-refractivity contribution in [2.24, 2.45) is 10.9 Å². The fraction of sp³-hybridized carbons (Fsp3) is 0.444. The highest BCUT2D eigenvalue weighted by molar-refractivity contribution is 6.02. The van der Waals surface area contributed by atoms with Gasteiger partial charge in [-0.2, -0.15) is 0 Å². The average molecular weight is 425 g/mol. The molecule has 3 nitrogen and oxygen atoms in total. The summed E-state index contributed by atoms with van der Waals surface area (Å²) < 4.78 is 19.1. The van der Waals surface area contributed by atoms with Gasteiger partial charge in [-0.1, -0.05) is 58.2 Å². The number of allylic oxidation sites excluding steroid dienone is 1. The molecule has 2 aromatic carbocycles.